The van der Waals surface area contributed by atoms with E-state index in [9.17, 15) is 9.90 Å². The molecule has 0 bridgehead atoms. The number of hydrogen-bond donors (Lipinski definition) is 3. The fourth-order valence-corrected chi connectivity index (χ4v) is 2.93. The molecule has 2 heterocycles. The van der Waals surface area contributed by atoms with Crippen molar-refractivity contribution in [2.24, 2.45) is 0 Å². The SMILES string of the molecule is O=C1CC(c2ncc3ccccc3c2O)Nc2ccccc2N1. The Bertz CT molecular complexity index is 908. The van der Waals surface area contributed by atoms with Gasteiger partial charge in [0.15, 0.2) is 0 Å². The van der Waals surface area contributed by atoms with E-state index in [0.717, 1.165) is 22.1 Å². The van der Waals surface area contributed by atoms with Crippen LogP contribution in [0.1, 0.15) is 18.2 Å². The number of para-hydroxylation sites is 2. The van der Waals surface area contributed by atoms with Crippen LogP contribution in [0.3, 0.4) is 0 Å². The Morgan fingerprint density at radius 1 is 1.04 bits per heavy atom. The van der Waals surface area contributed by atoms with E-state index in [-0.39, 0.29) is 24.1 Å². The third kappa shape index (κ3) is 2.36. The highest BCUT2D eigenvalue weighted by molar-refractivity contribution is 5.97. The molecule has 3 N–H and O–H groups in total. The Balaban J connectivity index is 1.81. The van der Waals surface area contributed by atoms with E-state index in [1.54, 1.807) is 6.20 Å². The predicted octanol–water partition coefficient (Wildman–Crippen LogP) is 3.44. The van der Waals surface area contributed by atoms with Crippen LogP contribution < -0.4 is 10.6 Å². The lowest BCUT2D eigenvalue weighted by molar-refractivity contribution is -0.116. The minimum atomic E-state index is -0.386. The van der Waals surface area contributed by atoms with Gasteiger partial charge in [0.25, 0.3) is 0 Å². The highest BCUT2D eigenvalue weighted by atomic mass is 16.3. The smallest absolute Gasteiger partial charge is 0.226 e. The molecule has 1 aromatic heterocycles. The van der Waals surface area contributed by atoms with Crippen molar-refractivity contribution >= 4 is 28.1 Å². The number of nitrogens with one attached hydrogen (secondary N) is 2. The Morgan fingerprint density at radius 2 is 1.78 bits per heavy atom. The van der Waals surface area contributed by atoms with Crippen LogP contribution in [0.4, 0.5) is 11.4 Å². The summed E-state index contributed by atoms with van der Waals surface area (Å²) >= 11 is 0. The lowest BCUT2D eigenvalue weighted by Crippen LogP contribution is -2.17. The Morgan fingerprint density at radius 3 is 2.65 bits per heavy atom. The second kappa shape index (κ2) is 5.28. The zero-order valence-electron chi connectivity index (χ0n) is 12.3. The number of rotatable bonds is 1. The van der Waals surface area contributed by atoms with Crippen LogP contribution in [0.5, 0.6) is 5.75 Å². The molecule has 0 radical (unpaired) electrons. The number of fused-ring (bicyclic) bond motifs is 2. The minimum absolute atomic E-state index is 0.109. The van der Waals surface area contributed by atoms with E-state index in [2.05, 4.69) is 15.6 Å². The Kier molecular flexibility index (Phi) is 3.12. The fraction of sp³-hybridized carbons (Fsp3) is 0.111. The largest absolute Gasteiger partial charge is 0.505 e. The maximum absolute atomic E-state index is 12.1. The summed E-state index contributed by atoms with van der Waals surface area (Å²) in [5.41, 5.74) is 2.04. The van der Waals surface area contributed by atoms with Crippen molar-refractivity contribution in [2.45, 2.75) is 12.5 Å². The van der Waals surface area contributed by atoms with Crippen LogP contribution in [0.25, 0.3) is 10.8 Å². The monoisotopic (exact) mass is 305 g/mol. The number of aromatic hydroxyl groups is 1. The number of carbonyl (C=O) groups excluding carboxylic acids is 1. The third-order valence-corrected chi connectivity index (χ3v) is 4.05. The molecule has 5 heteroatoms. The number of amides is 1. The molecule has 0 fully saturated rings. The second-order valence-corrected chi connectivity index (χ2v) is 5.57. The minimum Gasteiger partial charge on any atom is -0.505 e. The highest BCUT2D eigenvalue weighted by Gasteiger charge is 2.25. The molecule has 3 aromatic rings. The summed E-state index contributed by atoms with van der Waals surface area (Å²) in [5, 5.41) is 18.4. The van der Waals surface area contributed by atoms with Gasteiger partial charge in [0.2, 0.25) is 5.91 Å². The van der Waals surface area contributed by atoms with Gasteiger partial charge >= 0.3 is 0 Å². The number of nitrogens with zero attached hydrogens (tertiary/aromatic N) is 1. The molecule has 1 aliphatic heterocycles. The molecule has 5 nitrogen and oxygen atoms in total. The molecule has 23 heavy (non-hydrogen) atoms. The van der Waals surface area contributed by atoms with Gasteiger partial charge in [-0.25, -0.2) is 0 Å². The van der Waals surface area contributed by atoms with Crippen LogP contribution in [-0.4, -0.2) is 16.0 Å². The van der Waals surface area contributed by atoms with Gasteiger partial charge in [-0.05, 0) is 12.1 Å². The van der Waals surface area contributed by atoms with Gasteiger partial charge < -0.3 is 15.7 Å². The molecule has 1 aliphatic rings. The summed E-state index contributed by atoms with van der Waals surface area (Å²) in [6.45, 7) is 0. The summed E-state index contributed by atoms with van der Waals surface area (Å²) in [6, 6.07) is 14.6. The maximum Gasteiger partial charge on any atom is 0.226 e. The molecule has 1 amide bonds. The topological polar surface area (TPSA) is 74.2 Å². The second-order valence-electron chi connectivity index (χ2n) is 5.57. The molecular formula is C18H15N3O2. The number of hydrogen-bond acceptors (Lipinski definition) is 4. The number of pyridine rings is 1. The van der Waals surface area contributed by atoms with Crippen molar-refractivity contribution < 1.29 is 9.90 Å². The van der Waals surface area contributed by atoms with Crippen molar-refractivity contribution in [2.75, 3.05) is 10.6 Å². The van der Waals surface area contributed by atoms with Crippen LogP contribution in [0.2, 0.25) is 0 Å². The Hall–Kier alpha value is -3.08. The summed E-state index contributed by atoms with van der Waals surface area (Å²) in [4.78, 5) is 16.5. The molecule has 4 rings (SSSR count). The highest BCUT2D eigenvalue weighted by Crippen LogP contribution is 2.36. The molecule has 114 valence electrons. The van der Waals surface area contributed by atoms with Gasteiger partial charge in [-0.1, -0.05) is 36.4 Å². The molecule has 0 saturated heterocycles. The summed E-state index contributed by atoms with van der Waals surface area (Å²) in [6.07, 6.45) is 1.92. The van der Waals surface area contributed by atoms with E-state index < -0.39 is 0 Å². The molecule has 0 saturated carbocycles. The fourth-order valence-electron chi connectivity index (χ4n) is 2.93. The van der Waals surface area contributed by atoms with Crippen LogP contribution in [0, 0.1) is 0 Å². The van der Waals surface area contributed by atoms with Crippen molar-refractivity contribution in [3.63, 3.8) is 0 Å². The first-order valence-corrected chi connectivity index (χ1v) is 7.44. The van der Waals surface area contributed by atoms with Crippen molar-refractivity contribution in [1.29, 1.82) is 0 Å². The first-order chi connectivity index (χ1) is 11.2. The summed E-state index contributed by atoms with van der Waals surface area (Å²) < 4.78 is 0. The normalized spacial score (nSPS) is 17.0. The van der Waals surface area contributed by atoms with Gasteiger partial charge in [0, 0.05) is 17.0 Å². The van der Waals surface area contributed by atoms with E-state index in [1.165, 1.54) is 0 Å². The average Bonchev–Trinajstić information content (AvgIpc) is 2.73. The molecule has 1 unspecified atom stereocenters. The van der Waals surface area contributed by atoms with Crippen molar-refractivity contribution in [3.05, 3.63) is 60.4 Å². The zero-order valence-corrected chi connectivity index (χ0v) is 12.3. The number of benzene rings is 2. The lowest BCUT2D eigenvalue weighted by atomic mass is 10.0. The number of aromatic nitrogens is 1. The number of carbonyl (C=O) groups is 1. The van der Waals surface area contributed by atoms with E-state index in [4.69, 9.17) is 0 Å². The van der Waals surface area contributed by atoms with Crippen LogP contribution in [0.15, 0.2) is 54.7 Å². The van der Waals surface area contributed by atoms with Gasteiger partial charge in [-0.15, -0.1) is 0 Å². The molecular weight excluding hydrogens is 290 g/mol. The van der Waals surface area contributed by atoms with Gasteiger partial charge in [0.1, 0.15) is 11.4 Å². The Labute approximate surface area is 133 Å². The average molecular weight is 305 g/mol. The summed E-state index contributed by atoms with van der Waals surface area (Å²) in [5.74, 6) is 0.00888. The first kappa shape index (κ1) is 13.6. The number of anilines is 2. The molecule has 2 aromatic carbocycles. The van der Waals surface area contributed by atoms with Gasteiger partial charge in [-0.3, -0.25) is 9.78 Å². The van der Waals surface area contributed by atoms with E-state index in [0.29, 0.717) is 5.69 Å². The molecule has 1 atom stereocenters. The van der Waals surface area contributed by atoms with Crippen molar-refractivity contribution in [3.8, 4) is 5.75 Å². The van der Waals surface area contributed by atoms with E-state index in [1.807, 2.05) is 48.5 Å². The predicted molar refractivity (Wildman–Crippen MR) is 89.5 cm³/mol. The third-order valence-electron chi connectivity index (χ3n) is 4.05. The van der Waals surface area contributed by atoms with E-state index >= 15 is 0 Å². The summed E-state index contributed by atoms with van der Waals surface area (Å²) in [7, 11) is 0. The van der Waals surface area contributed by atoms with Crippen molar-refractivity contribution in [1.82, 2.24) is 4.98 Å². The van der Waals surface area contributed by atoms with Crippen LogP contribution in [-0.2, 0) is 4.79 Å². The van der Waals surface area contributed by atoms with Gasteiger partial charge in [0.05, 0.1) is 23.8 Å². The standard InChI is InChI=1S/C18H15N3O2/c22-16-9-15(20-13-7-3-4-8-14(13)21-16)17-18(23)12-6-2-1-5-11(12)10-19-17/h1-8,10,15,20,23H,9H2,(H,21,22). The maximum atomic E-state index is 12.1. The molecule has 0 aliphatic carbocycles. The quantitative estimate of drug-likeness (QED) is 0.644. The van der Waals surface area contributed by atoms with Crippen LogP contribution >= 0.6 is 0 Å². The van der Waals surface area contributed by atoms with Gasteiger partial charge in [-0.2, -0.15) is 0 Å². The first-order valence-electron chi connectivity index (χ1n) is 7.44. The zero-order chi connectivity index (χ0) is 15.8. The lowest BCUT2D eigenvalue weighted by Gasteiger charge is -2.18. The molecule has 0 spiro atoms.